The van der Waals surface area contributed by atoms with Crippen molar-refractivity contribution < 1.29 is 18.0 Å². The molecule has 0 spiro atoms. The van der Waals surface area contributed by atoms with Crippen molar-refractivity contribution in [2.24, 2.45) is 0 Å². The molecule has 1 amide bonds. The maximum absolute atomic E-state index is 12.5. The van der Waals surface area contributed by atoms with Gasteiger partial charge in [-0.1, -0.05) is 60.7 Å². The summed E-state index contributed by atoms with van der Waals surface area (Å²) in [6.07, 6.45) is -4.85. The Morgan fingerprint density at radius 2 is 1.52 bits per heavy atom. The highest BCUT2D eigenvalue weighted by Gasteiger charge is 2.46. The lowest BCUT2D eigenvalue weighted by Gasteiger charge is -2.50. The fourth-order valence-electron chi connectivity index (χ4n) is 3.24. The van der Waals surface area contributed by atoms with Crippen molar-refractivity contribution in [2.75, 3.05) is 6.54 Å². The van der Waals surface area contributed by atoms with Crippen LogP contribution in [0.25, 0.3) is 0 Å². The number of alkyl halides is 3. The summed E-state index contributed by atoms with van der Waals surface area (Å²) in [7, 11) is 0. The lowest BCUT2D eigenvalue weighted by Crippen LogP contribution is -2.67. The van der Waals surface area contributed by atoms with Crippen molar-refractivity contribution in [2.45, 2.75) is 31.2 Å². The van der Waals surface area contributed by atoms with E-state index < -0.39 is 18.1 Å². The fraction of sp³-hybridized carbons (Fsp3) is 0.316. The van der Waals surface area contributed by atoms with Crippen LogP contribution in [0.3, 0.4) is 0 Å². The second kappa shape index (κ2) is 6.88. The number of likely N-dealkylation sites (tertiary alicyclic amines) is 1. The van der Waals surface area contributed by atoms with Crippen LogP contribution >= 0.6 is 0 Å². The van der Waals surface area contributed by atoms with Gasteiger partial charge in [0, 0.05) is 12.6 Å². The normalized spacial score (nSPS) is 21.0. The Morgan fingerprint density at radius 3 is 1.92 bits per heavy atom. The summed E-state index contributed by atoms with van der Waals surface area (Å²) in [6, 6.07) is 18.9. The Bertz CT molecular complexity index is 679. The predicted octanol–water partition coefficient (Wildman–Crippen LogP) is 3.53. The largest absolute Gasteiger partial charge is 0.471 e. The molecule has 1 aliphatic rings. The van der Waals surface area contributed by atoms with Crippen LogP contribution in [0, 0.1) is 0 Å². The highest BCUT2D eigenvalue weighted by Crippen LogP contribution is 2.36. The summed E-state index contributed by atoms with van der Waals surface area (Å²) in [5, 5.41) is 2.09. The van der Waals surface area contributed by atoms with Crippen LogP contribution in [0.5, 0.6) is 0 Å². The first-order chi connectivity index (χ1) is 11.9. The third kappa shape index (κ3) is 3.69. The number of amides is 1. The molecule has 6 heteroatoms. The average Bonchev–Trinajstić information content (AvgIpc) is 2.61. The Kier molecular flexibility index (Phi) is 4.81. The molecule has 0 bridgehead atoms. The lowest BCUT2D eigenvalue weighted by molar-refractivity contribution is -0.176. The van der Waals surface area contributed by atoms with Crippen LogP contribution in [0.4, 0.5) is 13.2 Å². The van der Waals surface area contributed by atoms with E-state index >= 15 is 0 Å². The van der Waals surface area contributed by atoms with E-state index in [1.54, 1.807) is 0 Å². The van der Waals surface area contributed by atoms with E-state index in [4.69, 9.17) is 0 Å². The first kappa shape index (κ1) is 17.5. The first-order valence-electron chi connectivity index (χ1n) is 8.11. The maximum Gasteiger partial charge on any atom is 0.471 e. The van der Waals surface area contributed by atoms with Crippen molar-refractivity contribution in [3.63, 3.8) is 0 Å². The van der Waals surface area contributed by atoms with Crippen LogP contribution in [0.15, 0.2) is 60.7 Å². The van der Waals surface area contributed by atoms with Crippen molar-refractivity contribution >= 4 is 5.91 Å². The number of nitrogens with one attached hydrogen (secondary N) is 1. The molecule has 1 aliphatic heterocycles. The number of hydrogen-bond donors (Lipinski definition) is 1. The third-order valence-corrected chi connectivity index (χ3v) is 4.65. The SMILES string of the molecule is CC1C(NC(=O)C(F)(F)F)CN1C(c1ccccc1)c1ccccc1. The Labute approximate surface area is 144 Å². The molecule has 0 radical (unpaired) electrons. The second-order valence-corrected chi connectivity index (χ2v) is 6.24. The molecule has 25 heavy (non-hydrogen) atoms. The van der Waals surface area contributed by atoms with Crippen LogP contribution in [0.1, 0.15) is 24.1 Å². The van der Waals surface area contributed by atoms with Crippen molar-refractivity contribution in [1.82, 2.24) is 10.2 Å². The molecule has 3 rings (SSSR count). The van der Waals surface area contributed by atoms with Gasteiger partial charge in [-0.2, -0.15) is 13.2 Å². The molecule has 2 atom stereocenters. The number of carbonyl (C=O) groups is 1. The Balaban J connectivity index is 1.79. The summed E-state index contributed by atoms with van der Waals surface area (Å²) < 4.78 is 37.4. The molecule has 1 saturated heterocycles. The zero-order valence-corrected chi connectivity index (χ0v) is 13.7. The van der Waals surface area contributed by atoms with Gasteiger partial charge in [0.25, 0.3) is 0 Å². The zero-order valence-electron chi connectivity index (χ0n) is 13.7. The van der Waals surface area contributed by atoms with Crippen LogP contribution < -0.4 is 5.32 Å². The monoisotopic (exact) mass is 348 g/mol. The van der Waals surface area contributed by atoms with Gasteiger partial charge in [-0.25, -0.2) is 0 Å². The molecule has 1 fully saturated rings. The molecule has 3 nitrogen and oxygen atoms in total. The van der Waals surface area contributed by atoms with Gasteiger partial charge in [0.1, 0.15) is 0 Å². The number of hydrogen-bond acceptors (Lipinski definition) is 2. The molecule has 2 unspecified atom stereocenters. The average molecular weight is 348 g/mol. The first-order valence-corrected chi connectivity index (χ1v) is 8.11. The number of nitrogens with zero attached hydrogens (tertiary/aromatic N) is 1. The minimum Gasteiger partial charge on any atom is -0.343 e. The van der Waals surface area contributed by atoms with Crippen molar-refractivity contribution in [3.05, 3.63) is 71.8 Å². The molecule has 2 aromatic carbocycles. The molecule has 132 valence electrons. The van der Waals surface area contributed by atoms with Crippen LogP contribution in [0.2, 0.25) is 0 Å². The topological polar surface area (TPSA) is 32.3 Å². The number of rotatable bonds is 4. The second-order valence-electron chi connectivity index (χ2n) is 6.24. The van der Waals surface area contributed by atoms with Crippen LogP contribution in [-0.4, -0.2) is 35.6 Å². The number of benzene rings is 2. The van der Waals surface area contributed by atoms with Gasteiger partial charge < -0.3 is 5.32 Å². The van der Waals surface area contributed by atoms with Gasteiger partial charge in [0.15, 0.2) is 0 Å². The van der Waals surface area contributed by atoms with Gasteiger partial charge in [-0.3, -0.25) is 9.69 Å². The van der Waals surface area contributed by atoms with E-state index in [9.17, 15) is 18.0 Å². The summed E-state index contributed by atoms with van der Waals surface area (Å²) >= 11 is 0. The lowest BCUT2D eigenvalue weighted by atomic mass is 9.88. The minimum absolute atomic E-state index is 0.0589. The molecule has 0 saturated carbocycles. The Hall–Kier alpha value is -2.34. The minimum atomic E-state index is -4.85. The van der Waals surface area contributed by atoms with E-state index in [2.05, 4.69) is 10.2 Å². The standard InChI is InChI=1S/C19H19F3N2O/c1-13-16(23-18(25)19(20,21)22)12-24(13)17(14-8-4-2-5-9-14)15-10-6-3-7-11-15/h2-11,13,16-17H,12H2,1H3,(H,23,25). The summed E-state index contributed by atoms with van der Waals surface area (Å²) in [5.41, 5.74) is 2.14. The van der Waals surface area contributed by atoms with Gasteiger partial charge >= 0.3 is 12.1 Å². The molecule has 0 aromatic heterocycles. The van der Waals surface area contributed by atoms with E-state index in [0.717, 1.165) is 11.1 Å². The highest BCUT2D eigenvalue weighted by molar-refractivity contribution is 5.82. The number of carbonyl (C=O) groups excluding carboxylic acids is 1. The van der Waals surface area contributed by atoms with Crippen LogP contribution in [-0.2, 0) is 4.79 Å². The van der Waals surface area contributed by atoms with Gasteiger partial charge in [-0.15, -0.1) is 0 Å². The molecule has 1 N–H and O–H groups in total. The van der Waals surface area contributed by atoms with E-state index in [1.165, 1.54) is 0 Å². The Morgan fingerprint density at radius 1 is 1.04 bits per heavy atom. The molecule has 1 heterocycles. The van der Waals surface area contributed by atoms with E-state index in [-0.39, 0.29) is 12.1 Å². The van der Waals surface area contributed by atoms with Gasteiger partial charge in [-0.05, 0) is 18.1 Å². The van der Waals surface area contributed by atoms with Crippen molar-refractivity contribution in [1.29, 1.82) is 0 Å². The molecule has 2 aromatic rings. The summed E-state index contributed by atoms with van der Waals surface area (Å²) in [6.45, 7) is 2.21. The quantitative estimate of drug-likeness (QED) is 0.917. The van der Waals surface area contributed by atoms with E-state index in [1.807, 2.05) is 67.6 Å². The third-order valence-electron chi connectivity index (χ3n) is 4.65. The zero-order chi connectivity index (χ0) is 18.0. The maximum atomic E-state index is 12.5. The van der Waals surface area contributed by atoms with Gasteiger partial charge in [0.05, 0.1) is 12.1 Å². The predicted molar refractivity (Wildman–Crippen MR) is 88.9 cm³/mol. The molecular weight excluding hydrogens is 329 g/mol. The van der Waals surface area contributed by atoms with Crippen molar-refractivity contribution in [3.8, 4) is 0 Å². The summed E-state index contributed by atoms with van der Waals surface area (Å²) in [5.74, 6) is -1.88. The highest BCUT2D eigenvalue weighted by atomic mass is 19.4. The molecular formula is C19H19F3N2O. The number of halogens is 3. The smallest absolute Gasteiger partial charge is 0.343 e. The summed E-state index contributed by atoms with van der Waals surface area (Å²) in [4.78, 5) is 13.3. The van der Waals surface area contributed by atoms with E-state index in [0.29, 0.717) is 6.54 Å². The van der Waals surface area contributed by atoms with Gasteiger partial charge in [0.2, 0.25) is 0 Å². The fourth-order valence-corrected chi connectivity index (χ4v) is 3.24. The molecule has 0 aliphatic carbocycles.